The van der Waals surface area contributed by atoms with E-state index in [0.717, 1.165) is 25.7 Å². The summed E-state index contributed by atoms with van der Waals surface area (Å²) in [6.07, 6.45) is 7.36. The Morgan fingerprint density at radius 1 is 1.63 bits per heavy atom. The quantitative estimate of drug-likeness (QED) is 0.650. The minimum Gasteiger partial charge on any atom is -0.352 e. The normalized spacial score (nSPS) is 17.3. The van der Waals surface area contributed by atoms with E-state index in [1.54, 1.807) is 0 Å². The molecule has 7 nitrogen and oxygen atoms in total. The number of nitrogens with one attached hydrogen (secondary N) is 1. The fourth-order valence-corrected chi connectivity index (χ4v) is 2.45. The van der Waals surface area contributed by atoms with Gasteiger partial charge in [-0.3, -0.25) is 19.6 Å². The molecule has 1 aliphatic carbocycles. The van der Waals surface area contributed by atoms with Gasteiger partial charge in [-0.1, -0.05) is 19.8 Å². The summed E-state index contributed by atoms with van der Waals surface area (Å²) < 4.78 is 1.38. The summed E-state index contributed by atoms with van der Waals surface area (Å²) in [6.45, 7) is 1.87. The Hall–Kier alpha value is -1.92. The fraction of sp³-hybridized carbons (Fsp3) is 0.667. The topological polar surface area (TPSA) is 90.1 Å². The molecule has 1 aliphatic rings. The lowest BCUT2D eigenvalue weighted by atomic mass is 10.2. The van der Waals surface area contributed by atoms with Crippen molar-refractivity contribution in [3.05, 3.63) is 22.5 Å². The molecule has 1 saturated carbocycles. The minimum absolute atomic E-state index is 0.0906. The fourth-order valence-electron chi connectivity index (χ4n) is 2.45. The predicted octanol–water partition coefficient (Wildman–Crippen LogP) is 1.80. The average Bonchev–Trinajstić information content (AvgIpc) is 3.01. The maximum atomic E-state index is 12.2. The van der Waals surface area contributed by atoms with Gasteiger partial charge in [0, 0.05) is 6.04 Å². The molecule has 1 unspecified atom stereocenters. The summed E-state index contributed by atoms with van der Waals surface area (Å²) in [4.78, 5) is 22.3. The van der Waals surface area contributed by atoms with Gasteiger partial charge in [0.1, 0.15) is 18.4 Å². The number of carbonyl (C=O) groups excluding carboxylic acids is 1. The van der Waals surface area contributed by atoms with Crippen molar-refractivity contribution < 1.29 is 9.72 Å². The summed E-state index contributed by atoms with van der Waals surface area (Å²) >= 11 is 0. The van der Waals surface area contributed by atoms with Gasteiger partial charge in [0.15, 0.2) is 0 Å². The molecule has 7 heteroatoms. The Balaban J connectivity index is 2.04. The van der Waals surface area contributed by atoms with Crippen molar-refractivity contribution in [2.45, 2.75) is 51.1 Å². The second-order valence-electron chi connectivity index (χ2n) is 4.85. The maximum Gasteiger partial charge on any atom is 0.307 e. The van der Waals surface area contributed by atoms with Crippen LogP contribution in [0.3, 0.4) is 0 Å². The lowest BCUT2D eigenvalue weighted by molar-refractivity contribution is -0.385. The van der Waals surface area contributed by atoms with Crippen molar-refractivity contribution >= 4 is 11.6 Å². The first kappa shape index (κ1) is 13.5. The van der Waals surface area contributed by atoms with Crippen LogP contribution in [0.5, 0.6) is 0 Å². The lowest BCUT2D eigenvalue weighted by Gasteiger charge is -2.18. The Morgan fingerprint density at radius 3 is 2.84 bits per heavy atom. The summed E-state index contributed by atoms with van der Waals surface area (Å²) in [5.74, 6) is -0.104. The Labute approximate surface area is 111 Å². The molecule has 1 aromatic rings. The van der Waals surface area contributed by atoms with Crippen molar-refractivity contribution in [3.8, 4) is 0 Å². The van der Waals surface area contributed by atoms with Crippen LogP contribution < -0.4 is 5.32 Å². The standard InChI is InChI=1S/C12H18N4O3/c1-2-11(12(17)14-9-5-3-4-6-9)15-8-10(7-13-15)16(18)19/h7-9,11H,2-6H2,1H3,(H,14,17). The van der Waals surface area contributed by atoms with E-state index in [0.29, 0.717) is 6.42 Å². The second kappa shape index (κ2) is 5.81. The molecule has 2 rings (SSSR count). The Morgan fingerprint density at radius 2 is 2.32 bits per heavy atom. The number of amides is 1. The van der Waals surface area contributed by atoms with Crippen LogP contribution in [0.2, 0.25) is 0 Å². The molecule has 1 N–H and O–H groups in total. The molecule has 104 valence electrons. The molecule has 0 aromatic carbocycles. The van der Waals surface area contributed by atoms with Gasteiger partial charge in [0.05, 0.1) is 4.92 Å². The van der Waals surface area contributed by atoms with E-state index in [4.69, 9.17) is 0 Å². The first-order valence-corrected chi connectivity index (χ1v) is 6.60. The molecule has 19 heavy (non-hydrogen) atoms. The summed E-state index contributed by atoms with van der Waals surface area (Å²) in [7, 11) is 0. The molecule has 0 saturated heterocycles. The van der Waals surface area contributed by atoms with Crippen LogP contribution in [0, 0.1) is 10.1 Å². The van der Waals surface area contributed by atoms with E-state index in [1.165, 1.54) is 17.1 Å². The first-order valence-electron chi connectivity index (χ1n) is 6.60. The third-order valence-electron chi connectivity index (χ3n) is 3.51. The van der Waals surface area contributed by atoms with E-state index in [9.17, 15) is 14.9 Å². The highest BCUT2D eigenvalue weighted by atomic mass is 16.6. The molecule has 1 heterocycles. The number of hydrogen-bond acceptors (Lipinski definition) is 4. The number of rotatable bonds is 5. The molecule has 1 atom stereocenters. The summed E-state index contributed by atoms with van der Waals surface area (Å²) in [5.41, 5.74) is -0.0906. The van der Waals surface area contributed by atoms with Crippen LogP contribution in [0.15, 0.2) is 12.4 Å². The number of nitrogens with zero attached hydrogens (tertiary/aromatic N) is 3. The average molecular weight is 266 g/mol. The maximum absolute atomic E-state index is 12.2. The van der Waals surface area contributed by atoms with E-state index < -0.39 is 11.0 Å². The van der Waals surface area contributed by atoms with Crippen LogP contribution >= 0.6 is 0 Å². The molecule has 0 spiro atoms. The third-order valence-corrected chi connectivity index (χ3v) is 3.51. The van der Waals surface area contributed by atoms with Crippen molar-refractivity contribution in [1.82, 2.24) is 15.1 Å². The molecule has 1 fully saturated rings. The zero-order valence-electron chi connectivity index (χ0n) is 10.9. The number of nitro groups is 1. The van der Waals surface area contributed by atoms with E-state index >= 15 is 0 Å². The van der Waals surface area contributed by atoms with Gasteiger partial charge < -0.3 is 5.32 Å². The van der Waals surface area contributed by atoms with Gasteiger partial charge in [0.25, 0.3) is 0 Å². The minimum atomic E-state index is -0.509. The zero-order valence-corrected chi connectivity index (χ0v) is 10.9. The number of carbonyl (C=O) groups is 1. The molecule has 1 aromatic heterocycles. The highest BCUT2D eigenvalue weighted by molar-refractivity contribution is 5.80. The van der Waals surface area contributed by atoms with E-state index in [2.05, 4.69) is 10.4 Å². The third kappa shape index (κ3) is 3.10. The first-order chi connectivity index (χ1) is 9.11. The van der Waals surface area contributed by atoms with Gasteiger partial charge in [-0.25, -0.2) is 0 Å². The smallest absolute Gasteiger partial charge is 0.307 e. The van der Waals surface area contributed by atoms with E-state index in [1.807, 2.05) is 6.92 Å². The number of aromatic nitrogens is 2. The molecule has 0 bridgehead atoms. The molecular weight excluding hydrogens is 248 g/mol. The van der Waals surface area contributed by atoms with Crippen molar-refractivity contribution in [3.63, 3.8) is 0 Å². The molecule has 0 aliphatic heterocycles. The SMILES string of the molecule is CCC(C(=O)NC1CCCC1)n1cc([N+](=O)[O-])cn1. The van der Waals surface area contributed by atoms with Crippen LogP contribution in [0.25, 0.3) is 0 Å². The van der Waals surface area contributed by atoms with Crippen molar-refractivity contribution in [1.29, 1.82) is 0 Å². The van der Waals surface area contributed by atoms with Crippen LogP contribution in [-0.2, 0) is 4.79 Å². The second-order valence-corrected chi connectivity index (χ2v) is 4.85. The van der Waals surface area contributed by atoms with Gasteiger partial charge in [-0.15, -0.1) is 0 Å². The van der Waals surface area contributed by atoms with Crippen LogP contribution in [0.4, 0.5) is 5.69 Å². The predicted molar refractivity (Wildman–Crippen MR) is 68.6 cm³/mol. The van der Waals surface area contributed by atoms with Gasteiger partial charge >= 0.3 is 5.69 Å². The van der Waals surface area contributed by atoms with Crippen molar-refractivity contribution in [2.75, 3.05) is 0 Å². The van der Waals surface area contributed by atoms with E-state index in [-0.39, 0.29) is 17.6 Å². The Bertz CT molecular complexity index is 465. The highest BCUT2D eigenvalue weighted by Crippen LogP contribution is 2.20. The molecular formula is C12H18N4O3. The Kier molecular flexibility index (Phi) is 4.13. The lowest BCUT2D eigenvalue weighted by Crippen LogP contribution is -2.38. The monoisotopic (exact) mass is 266 g/mol. The zero-order chi connectivity index (χ0) is 13.8. The molecule has 0 radical (unpaired) electrons. The van der Waals surface area contributed by atoms with Gasteiger partial charge in [-0.2, -0.15) is 5.10 Å². The van der Waals surface area contributed by atoms with Gasteiger partial charge in [-0.05, 0) is 19.3 Å². The van der Waals surface area contributed by atoms with Crippen LogP contribution in [-0.4, -0.2) is 26.7 Å². The summed E-state index contributed by atoms with van der Waals surface area (Å²) in [6, 6.07) is -0.235. The molecule has 1 amide bonds. The number of hydrogen-bond donors (Lipinski definition) is 1. The summed E-state index contributed by atoms with van der Waals surface area (Å²) in [5, 5.41) is 17.5. The van der Waals surface area contributed by atoms with Gasteiger partial charge in [0.2, 0.25) is 5.91 Å². The largest absolute Gasteiger partial charge is 0.352 e. The highest BCUT2D eigenvalue weighted by Gasteiger charge is 2.25. The van der Waals surface area contributed by atoms with Crippen LogP contribution in [0.1, 0.15) is 45.1 Å². The van der Waals surface area contributed by atoms with Crippen molar-refractivity contribution in [2.24, 2.45) is 0 Å².